The summed E-state index contributed by atoms with van der Waals surface area (Å²) in [5.74, 6) is 1.39. The molecule has 5 nitrogen and oxygen atoms in total. The summed E-state index contributed by atoms with van der Waals surface area (Å²) in [7, 11) is 0. The van der Waals surface area contributed by atoms with Gasteiger partial charge >= 0.3 is 0 Å². The van der Waals surface area contributed by atoms with Crippen LogP contribution in [-0.2, 0) is 42.7 Å². The minimum absolute atomic E-state index is 0. The Balaban J connectivity index is 0.00000816. The molecule has 0 saturated heterocycles. The van der Waals surface area contributed by atoms with Crippen molar-refractivity contribution < 1.29 is 34.5 Å². The van der Waals surface area contributed by atoms with Gasteiger partial charge in [-0.1, -0.05) is 246 Å². The van der Waals surface area contributed by atoms with Gasteiger partial charge in [-0.25, -0.2) is 4.98 Å². The van der Waals surface area contributed by atoms with Crippen molar-refractivity contribution >= 4 is 32.8 Å². The van der Waals surface area contributed by atoms with Crippen LogP contribution in [0.15, 0.2) is 225 Å². The fraction of sp³-hybridized carbons (Fsp3) is 0.205. The van der Waals surface area contributed by atoms with Gasteiger partial charge in [0.1, 0.15) is 5.82 Å². The van der Waals surface area contributed by atoms with E-state index in [2.05, 4.69) is 252 Å². The first kappa shape index (κ1) is 56.6. The van der Waals surface area contributed by atoms with Crippen molar-refractivity contribution in [1.29, 1.82) is 0 Å². The molecule has 3 heterocycles. The number of para-hydroxylation sites is 4. The smallest absolute Gasteiger partial charge is 0.268 e. The quantitative estimate of drug-likeness (QED) is 0.101. The summed E-state index contributed by atoms with van der Waals surface area (Å²) in [6.07, 6.45) is 5.52. The van der Waals surface area contributed by atoms with Crippen LogP contribution in [0.4, 0.5) is 0 Å². The van der Waals surface area contributed by atoms with Gasteiger partial charge < -0.3 is 13.9 Å². The van der Waals surface area contributed by atoms with E-state index >= 15 is 0 Å². The minimum atomic E-state index is -2.53. The maximum absolute atomic E-state index is 9.31. The van der Waals surface area contributed by atoms with E-state index in [0.717, 1.165) is 88.8 Å². The molecule has 0 N–H and O–H groups in total. The molecule has 13 aromatic rings. The number of fused-ring (bicyclic) bond motifs is 4. The third-order valence-electron chi connectivity index (χ3n) is 17.1. The molecule has 0 unspecified atom stereocenters. The molecule has 0 aliphatic carbocycles. The molecule has 0 aliphatic rings. The van der Waals surface area contributed by atoms with Crippen molar-refractivity contribution in [2.24, 2.45) is 0 Å². The first-order chi connectivity index (χ1) is 43.2. The van der Waals surface area contributed by atoms with Gasteiger partial charge in [0.15, 0.2) is 0 Å². The van der Waals surface area contributed by atoms with Crippen molar-refractivity contribution in [3.8, 4) is 84.3 Å². The summed E-state index contributed by atoms with van der Waals surface area (Å²) >= 11 is 0. The molecular formula is C83H76N4OPt-2. The molecule has 0 radical (unpaired) electrons. The second-order valence-corrected chi connectivity index (χ2v) is 27.6. The monoisotopic (exact) mass is 1340 g/mol. The zero-order chi connectivity index (χ0) is 63.9. The molecular weight excluding hydrogens is 1260 g/mol. The topological polar surface area (TPSA) is 35.9 Å². The number of aromatic nitrogens is 4. The number of ether oxygens (including phenoxy) is 1. The zero-order valence-electron chi connectivity index (χ0n) is 55.9. The number of imidazole rings is 1. The molecule has 3 aromatic heterocycles. The fourth-order valence-electron chi connectivity index (χ4n) is 12.0. The Labute approximate surface area is 544 Å². The Morgan fingerprint density at radius 3 is 1.48 bits per heavy atom. The summed E-state index contributed by atoms with van der Waals surface area (Å²) < 4.78 is 40.9. The van der Waals surface area contributed by atoms with Gasteiger partial charge in [0.05, 0.1) is 16.7 Å². The van der Waals surface area contributed by atoms with E-state index in [4.69, 9.17) is 9.72 Å². The molecule has 0 spiro atoms. The van der Waals surface area contributed by atoms with E-state index in [0.29, 0.717) is 28.4 Å². The number of rotatable bonds is 10. The van der Waals surface area contributed by atoms with Crippen LogP contribution < -0.4 is 9.30 Å². The zero-order valence-corrected chi connectivity index (χ0v) is 55.1. The molecule has 446 valence electrons. The first-order valence-corrected chi connectivity index (χ1v) is 30.6. The molecule has 0 bridgehead atoms. The van der Waals surface area contributed by atoms with Gasteiger partial charge in [-0.15, -0.1) is 29.7 Å². The second kappa shape index (κ2) is 23.2. The Hall–Kier alpha value is -8.89. The molecule has 10 aromatic carbocycles. The Bertz CT molecular complexity index is 4720. The van der Waals surface area contributed by atoms with Gasteiger partial charge in [-0.05, 0) is 148 Å². The van der Waals surface area contributed by atoms with Crippen LogP contribution in [0.3, 0.4) is 0 Å². The van der Waals surface area contributed by atoms with Crippen LogP contribution in [0.1, 0.15) is 115 Å². The van der Waals surface area contributed by atoms with Crippen LogP contribution in [0, 0.1) is 25.3 Å². The summed E-state index contributed by atoms with van der Waals surface area (Å²) in [6, 6.07) is 83.3. The van der Waals surface area contributed by atoms with E-state index in [-0.39, 0.29) is 48.3 Å². The maximum atomic E-state index is 9.31. The number of hydrogen-bond donors (Lipinski definition) is 0. The van der Waals surface area contributed by atoms with E-state index in [1.165, 1.54) is 22.3 Å². The third kappa shape index (κ3) is 11.9. The van der Waals surface area contributed by atoms with Crippen molar-refractivity contribution in [3.05, 3.63) is 271 Å². The van der Waals surface area contributed by atoms with E-state index in [1.807, 2.05) is 75.9 Å². The number of aryl methyl sites for hydroxylation is 1. The maximum Gasteiger partial charge on any atom is 0.268 e. The molecule has 0 aliphatic heterocycles. The molecule has 13 rings (SSSR count). The predicted molar refractivity (Wildman–Crippen MR) is 367 cm³/mol. The predicted octanol–water partition coefficient (Wildman–Crippen LogP) is 21.4. The normalized spacial score (nSPS) is 12.9. The molecule has 6 heteroatoms. The molecule has 89 heavy (non-hydrogen) atoms. The van der Waals surface area contributed by atoms with Crippen LogP contribution >= 0.6 is 0 Å². The molecule has 0 fully saturated rings. The van der Waals surface area contributed by atoms with Crippen LogP contribution in [0.2, 0.25) is 0 Å². The number of nitrogens with zero attached hydrogens (tertiary/aromatic N) is 4. The fourth-order valence-corrected chi connectivity index (χ4v) is 12.0. The van der Waals surface area contributed by atoms with Gasteiger partial charge in [0, 0.05) is 54.0 Å². The van der Waals surface area contributed by atoms with Gasteiger partial charge in [0.2, 0.25) is 0 Å². The van der Waals surface area contributed by atoms with Crippen molar-refractivity contribution in [2.75, 3.05) is 0 Å². The van der Waals surface area contributed by atoms with Gasteiger partial charge in [-0.2, -0.15) is 18.2 Å². The minimum Gasteiger partial charge on any atom is -0.510 e. The van der Waals surface area contributed by atoms with Crippen molar-refractivity contribution in [2.45, 2.75) is 112 Å². The SMILES string of the molecule is [2H]C([2H])([2H])c1cc(-n2c3[c-]c(Oc4[c-]c(-n5[c-][n+](-c6c(-c7ccccc7)cccc6-c6ccccc6)c6ccccc65)ccc4)ccc3c3ccccc32)ncc1-c1cc(-c2cc(C(C)(C)C)cc(C(C)(C)C)c2)cc(-c2cc(C(C)(C)C)cc(C(C)(C)C)c2)c1.[Pt]. The average molecular weight is 1340 g/mol. The molecule has 0 atom stereocenters. The van der Waals surface area contributed by atoms with Crippen LogP contribution in [0.25, 0.3) is 106 Å². The third-order valence-corrected chi connectivity index (χ3v) is 17.1. The van der Waals surface area contributed by atoms with E-state index in [9.17, 15) is 4.11 Å². The van der Waals surface area contributed by atoms with Gasteiger partial charge in [0.25, 0.3) is 6.33 Å². The summed E-state index contributed by atoms with van der Waals surface area (Å²) in [4.78, 5) is 5.25. The first-order valence-electron chi connectivity index (χ1n) is 32.1. The van der Waals surface area contributed by atoms with Crippen LogP contribution in [0.5, 0.6) is 11.5 Å². The van der Waals surface area contributed by atoms with Crippen LogP contribution in [-0.4, -0.2) is 14.1 Å². The summed E-state index contributed by atoms with van der Waals surface area (Å²) in [5, 5.41) is 1.89. The van der Waals surface area contributed by atoms with E-state index in [1.54, 1.807) is 12.3 Å². The molecule has 0 amide bonds. The summed E-state index contributed by atoms with van der Waals surface area (Å²) in [6.45, 7) is 24.6. The number of benzene rings is 10. The number of hydrogen-bond acceptors (Lipinski definition) is 2. The summed E-state index contributed by atoms with van der Waals surface area (Å²) in [5.41, 5.74) is 19.7. The van der Waals surface area contributed by atoms with Crippen molar-refractivity contribution in [3.63, 3.8) is 0 Å². The average Bonchev–Trinajstić information content (AvgIpc) is 1.52. The Morgan fingerprint density at radius 1 is 0.427 bits per heavy atom. The Kier molecular flexibility index (Phi) is 14.8. The number of pyridine rings is 1. The van der Waals surface area contributed by atoms with E-state index < -0.39 is 6.85 Å². The van der Waals surface area contributed by atoms with Gasteiger partial charge in [-0.3, -0.25) is 4.57 Å². The standard InChI is InChI=1S/C83H76N4O.Pt/c1-54-40-78(84-52-73(54)61-42-57(59-44-62(80(2,3)4)48-63(45-59)81(5,6)7)41-58(43-61)60-46-64(82(8,9)10)49-65(47-60)83(11,12)13)87-74-35-21-20-32-71(74)72-39-38-68(51-77(72)87)88-67-31-24-30-66(50-67)85-53-86(76-37-23-22-36-75(76)85)79-69(55-26-16-14-17-27-55)33-25-34-70(79)56-28-18-15-19-29-56;/h14-49,52H,1-13H3;/q-2;/i1D3;. The second-order valence-electron chi connectivity index (χ2n) is 27.6. The Morgan fingerprint density at radius 2 is 0.921 bits per heavy atom. The van der Waals surface area contributed by atoms with Crippen molar-refractivity contribution in [1.82, 2.24) is 14.1 Å². The largest absolute Gasteiger partial charge is 0.510 e. The molecule has 0 saturated carbocycles.